The number of benzene rings is 1. The van der Waals surface area contributed by atoms with E-state index in [2.05, 4.69) is 5.32 Å². The third-order valence-electron chi connectivity index (χ3n) is 3.13. The van der Waals surface area contributed by atoms with Crippen LogP contribution in [0.4, 0.5) is 5.69 Å². The van der Waals surface area contributed by atoms with Crippen molar-refractivity contribution in [1.29, 1.82) is 0 Å². The number of carbonyl (C=O) groups excluding carboxylic acids is 2. The molecule has 3 N–H and O–H groups in total. The van der Waals surface area contributed by atoms with Crippen LogP contribution in [0, 0.1) is 0 Å². The minimum atomic E-state index is -0.635. The Morgan fingerprint density at radius 1 is 1.20 bits per heavy atom. The second-order valence-corrected chi connectivity index (χ2v) is 8.38. The van der Waals surface area contributed by atoms with Gasteiger partial charge in [0.25, 0.3) is 5.91 Å². The van der Waals surface area contributed by atoms with E-state index in [1.165, 1.54) is 17.4 Å². The Kier molecular flexibility index (Phi) is 5.98. The molecule has 0 aliphatic rings. The molecule has 1 aromatic heterocycles. The van der Waals surface area contributed by atoms with E-state index in [-0.39, 0.29) is 28.7 Å². The van der Waals surface area contributed by atoms with E-state index in [0.29, 0.717) is 14.8 Å². The first-order valence-corrected chi connectivity index (χ1v) is 8.99. The minimum absolute atomic E-state index is 0.111. The molecule has 0 aliphatic heterocycles. The number of nitrogen functional groups attached to an aromatic ring is 1. The molecule has 0 saturated heterocycles. The smallest absolute Gasteiger partial charge is 0.340 e. The van der Waals surface area contributed by atoms with Crippen molar-refractivity contribution in [3.8, 4) is 0 Å². The summed E-state index contributed by atoms with van der Waals surface area (Å²) in [7, 11) is 0. The SMILES string of the molecule is CC(C)(C)OC(=O)c1ccc(CNC(=O)c2ccc(Cl)s2)c(N)c1Cl. The lowest BCUT2D eigenvalue weighted by Gasteiger charge is -2.20. The Morgan fingerprint density at radius 3 is 2.44 bits per heavy atom. The van der Waals surface area contributed by atoms with Gasteiger partial charge in [0.15, 0.2) is 0 Å². The zero-order valence-corrected chi connectivity index (χ0v) is 16.3. The van der Waals surface area contributed by atoms with Crippen LogP contribution in [0.5, 0.6) is 0 Å². The number of rotatable bonds is 4. The van der Waals surface area contributed by atoms with Gasteiger partial charge < -0.3 is 15.8 Å². The largest absolute Gasteiger partial charge is 0.456 e. The lowest BCUT2D eigenvalue weighted by molar-refractivity contribution is 0.00696. The van der Waals surface area contributed by atoms with E-state index in [1.54, 1.807) is 39.0 Å². The summed E-state index contributed by atoms with van der Waals surface area (Å²) in [6, 6.07) is 6.48. The Labute approximate surface area is 160 Å². The molecule has 134 valence electrons. The van der Waals surface area contributed by atoms with Gasteiger partial charge in [0, 0.05) is 6.54 Å². The zero-order chi connectivity index (χ0) is 18.8. The number of amides is 1. The van der Waals surface area contributed by atoms with Crippen molar-refractivity contribution < 1.29 is 14.3 Å². The summed E-state index contributed by atoms with van der Waals surface area (Å²) >= 11 is 13.2. The highest BCUT2D eigenvalue weighted by Crippen LogP contribution is 2.29. The van der Waals surface area contributed by atoms with Crippen LogP contribution in [0.2, 0.25) is 9.36 Å². The molecule has 0 saturated carbocycles. The van der Waals surface area contributed by atoms with Gasteiger partial charge in [0.2, 0.25) is 0 Å². The molecule has 0 radical (unpaired) electrons. The van der Waals surface area contributed by atoms with E-state index < -0.39 is 11.6 Å². The second kappa shape index (κ2) is 7.64. The quantitative estimate of drug-likeness (QED) is 0.583. The fourth-order valence-electron chi connectivity index (χ4n) is 1.98. The third kappa shape index (κ3) is 5.11. The van der Waals surface area contributed by atoms with Gasteiger partial charge in [-0.05, 0) is 44.5 Å². The Balaban J connectivity index is 2.11. The molecule has 0 atom stereocenters. The third-order valence-corrected chi connectivity index (χ3v) is 4.76. The number of nitrogens with one attached hydrogen (secondary N) is 1. The van der Waals surface area contributed by atoms with Crippen molar-refractivity contribution in [2.24, 2.45) is 0 Å². The maximum absolute atomic E-state index is 12.2. The molecule has 1 amide bonds. The molecule has 1 heterocycles. The number of hydrogen-bond acceptors (Lipinski definition) is 5. The summed E-state index contributed by atoms with van der Waals surface area (Å²) in [4.78, 5) is 24.7. The van der Waals surface area contributed by atoms with Crippen molar-refractivity contribution in [3.63, 3.8) is 0 Å². The monoisotopic (exact) mass is 400 g/mol. The van der Waals surface area contributed by atoms with Gasteiger partial charge >= 0.3 is 5.97 Å². The number of nitrogens with two attached hydrogens (primary N) is 1. The van der Waals surface area contributed by atoms with Gasteiger partial charge in [-0.3, -0.25) is 4.79 Å². The van der Waals surface area contributed by atoms with Crippen LogP contribution in [-0.2, 0) is 11.3 Å². The minimum Gasteiger partial charge on any atom is -0.456 e. The first-order valence-electron chi connectivity index (χ1n) is 7.42. The van der Waals surface area contributed by atoms with Crippen molar-refractivity contribution in [3.05, 3.63) is 49.6 Å². The van der Waals surface area contributed by atoms with E-state index in [9.17, 15) is 9.59 Å². The van der Waals surface area contributed by atoms with Gasteiger partial charge in [0.1, 0.15) is 5.60 Å². The van der Waals surface area contributed by atoms with Gasteiger partial charge in [-0.25, -0.2) is 4.79 Å². The van der Waals surface area contributed by atoms with Crippen molar-refractivity contribution in [2.75, 3.05) is 5.73 Å². The highest BCUT2D eigenvalue weighted by atomic mass is 35.5. The Hall–Kier alpha value is -1.76. The zero-order valence-electron chi connectivity index (χ0n) is 14.0. The molecular formula is C17H18Cl2N2O3S. The number of esters is 1. The number of halogens is 2. The van der Waals surface area contributed by atoms with Crippen LogP contribution in [-0.4, -0.2) is 17.5 Å². The van der Waals surface area contributed by atoms with Crippen LogP contribution in [0.25, 0.3) is 0 Å². The van der Waals surface area contributed by atoms with Crippen LogP contribution in [0.15, 0.2) is 24.3 Å². The summed E-state index contributed by atoms with van der Waals surface area (Å²) < 4.78 is 5.83. The summed E-state index contributed by atoms with van der Waals surface area (Å²) in [6.07, 6.45) is 0. The van der Waals surface area contributed by atoms with E-state index in [1.807, 2.05) is 0 Å². The average Bonchev–Trinajstić information content (AvgIpc) is 2.93. The van der Waals surface area contributed by atoms with E-state index in [4.69, 9.17) is 33.7 Å². The van der Waals surface area contributed by atoms with E-state index >= 15 is 0 Å². The lowest BCUT2D eigenvalue weighted by atomic mass is 10.1. The summed E-state index contributed by atoms with van der Waals surface area (Å²) in [5, 5.41) is 2.85. The number of anilines is 1. The van der Waals surface area contributed by atoms with Gasteiger partial charge in [-0.1, -0.05) is 29.3 Å². The van der Waals surface area contributed by atoms with Gasteiger partial charge in [-0.15, -0.1) is 11.3 Å². The molecule has 0 unspecified atom stereocenters. The summed E-state index contributed by atoms with van der Waals surface area (Å²) in [5.74, 6) is -0.809. The topological polar surface area (TPSA) is 81.4 Å². The predicted molar refractivity (Wildman–Crippen MR) is 102 cm³/mol. The number of carbonyl (C=O) groups is 2. The molecule has 2 aromatic rings. The molecule has 0 bridgehead atoms. The number of hydrogen-bond donors (Lipinski definition) is 2. The lowest BCUT2D eigenvalue weighted by Crippen LogP contribution is -2.25. The van der Waals surface area contributed by atoms with Crippen LogP contribution in [0.1, 0.15) is 46.4 Å². The molecule has 5 nitrogen and oxygen atoms in total. The Morgan fingerprint density at radius 2 is 1.88 bits per heavy atom. The van der Waals surface area contributed by atoms with E-state index in [0.717, 1.165) is 0 Å². The molecule has 25 heavy (non-hydrogen) atoms. The number of ether oxygens (including phenoxy) is 1. The highest BCUT2D eigenvalue weighted by molar-refractivity contribution is 7.17. The molecule has 2 rings (SSSR count). The highest BCUT2D eigenvalue weighted by Gasteiger charge is 2.22. The normalized spacial score (nSPS) is 11.2. The molecular weight excluding hydrogens is 383 g/mol. The molecule has 8 heteroatoms. The van der Waals surface area contributed by atoms with Gasteiger partial charge in [-0.2, -0.15) is 0 Å². The van der Waals surface area contributed by atoms with Crippen LogP contribution in [0.3, 0.4) is 0 Å². The fraction of sp³-hybridized carbons (Fsp3) is 0.294. The fourth-order valence-corrected chi connectivity index (χ4v) is 3.20. The molecule has 0 aliphatic carbocycles. The van der Waals surface area contributed by atoms with Crippen molar-refractivity contribution >= 4 is 52.1 Å². The molecule has 1 aromatic carbocycles. The summed E-state index contributed by atoms with van der Waals surface area (Å²) in [5.41, 5.74) is 6.39. The molecule has 0 fully saturated rings. The average molecular weight is 401 g/mol. The predicted octanol–water partition coefficient (Wildman–Crippen LogP) is 4.52. The maximum atomic E-state index is 12.2. The van der Waals surface area contributed by atoms with Crippen molar-refractivity contribution in [2.45, 2.75) is 32.9 Å². The standard InChI is InChI=1S/C17H18Cl2N2O3S/c1-17(2,3)24-16(23)10-5-4-9(14(20)13(10)19)8-21-15(22)11-6-7-12(18)25-11/h4-7H,8,20H2,1-3H3,(H,21,22). The number of thiophene rings is 1. The second-order valence-electron chi connectivity index (χ2n) is 6.29. The maximum Gasteiger partial charge on any atom is 0.340 e. The van der Waals surface area contributed by atoms with Crippen LogP contribution >= 0.6 is 34.5 Å². The van der Waals surface area contributed by atoms with Gasteiger partial charge in [0.05, 0.1) is 25.5 Å². The first kappa shape index (κ1) is 19.6. The van der Waals surface area contributed by atoms with Crippen molar-refractivity contribution in [1.82, 2.24) is 5.32 Å². The molecule has 0 spiro atoms. The first-order chi connectivity index (χ1) is 11.6. The summed E-state index contributed by atoms with van der Waals surface area (Å²) in [6.45, 7) is 5.48. The Bertz CT molecular complexity index is 813. The van der Waals surface area contributed by atoms with Crippen LogP contribution < -0.4 is 11.1 Å².